The second-order valence-electron chi connectivity index (χ2n) is 5.53. The molecule has 1 aliphatic heterocycles. The van der Waals surface area contributed by atoms with Crippen molar-refractivity contribution in [1.29, 1.82) is 0 Å². The molecule has 0 bridgehead atoms. The van der Waals surface area contributed by atoms with Gasteiger partial charge in [-0.05, 0) is 32.4 Å². The summed E-state index contributed by atoms with van der Waals surface area (Å²) in [7, 11) is 0. The number of amides is 1. The van der Waals surface area contributed by atoms with Gasteiger partial charge in [-0.15, -0.1) is 0 Å². The summed E-state index contributed by atoms with van der Waals surface area (Å²) in [4.78, 5) is 12.4. The molecule has 2 aromatic rings. The minimum atomic E-state index is -0.217. The van der Waals surface area contributed by atoms with Gasteiger partial charge in [0, 0.05) is 17.7 Å². The molecule has 1 amide bonds. The van der Waals surface area contributed by atoms with Gasteiger partial charge < -0.3 is 15.2 Å². The van der Waals surface area contributed by atoms with Crippen LogP contribution >= 0.6 is 0 Å². The van der Waals surface area contributed by atoms with E-state index in [9.17, 15) is 4.79 Å². The third-order valence-electron chi connectivity index (χ3n) is 3.97. The molecule has 0 saturated heterocycles. The van der Waals surface area contributed by atoms with E-state index in [-0.39, 0.29) is 18.0 Å². The fraction of sp³-hybridized carbons (Fsp3) is 0.375. The minimum absolute atomic E-state index is 0.00120. The first-order valence-corrected chi connectivity index (χ1v) is 7.14. The Morgan fingerprint density at radius 3 is 2.86 bits per heavy atom. The summed E-state index contributed by atoms with van der Waals surface area (Å²) in [6, 6.07) is 7.68. The Morgan fingerprint density at radius 2 is 2.19 bits per heavy atom. The lowest BCUT2D eigenvalue weighted by Gasteiger charge is -2.17. The van der Waals surface area contributed by atoms with Crippen LogP contribution in [0.25, 0.3) is 0 Å². The molecule has 1 aromatic heterocycles. The molecule has 110 valence electrons. The number of nitrogens with one attached hydrogen (secondary N) is 2. The number of rotatable bonds is 3. The van der Waals surface area contributed by atoms with Gasteiger partial charge in [0.2, 0.25) is 5.91 Å². The van der Waals surface area contributed by atoms with E-state index in [0.29, 0.717) is 0 Å². The van der Waals surface area contributed by atoms with Crippen LogP contribution in [0.1, 0.15) is 35.5 Å². The van der Waals surface area contributed by atoms with Crippen LogP contribution in [-0.4, -0.2) is 17.1 Å². The molecule has 2 atom stereocenters. The third-order valence-corrected chi connectivity index (χ3v) is 3.97. The largest absolute Gasteiger partial charge is 0.373 e. The average molecular weight is 285 g/mol. The van der Waals surface area contributed by atoms with E-state index >= 15 is 0 Å². The normalized spacial score (nSPS) is 18.0. The number of aryl methyl sites for hydroxylation is 2. The summed E-state index contributed by atoms with van der Waals surface area (Å²) >= 11 is 0. The van der Waals surface area contributed by atoms with E-state index in [1.807, 2.05) is 45.0 Å². The Hall–Kier alpha value is -2.30. The number of para-hydroxylation sites is 1. The molecule has 0 spiro atoms. The monoisotopic (exact) mass is 285 g/mol. The van der Waals surface area contributed by atoms with Crippen LogP contribution in [0.4, 0.5) is 5.69 Å². The molecule has 0 radical (unpaired) electrons. The highest BCUT2D eigenvalue weighted by Gasteiger charge is 2.28. The van der Waals surface area contributed by atoms with Gasteiger partial charge in [-0.3, -0.25) is 4.79 Å². The molecule has 1 aliphatic rings. The Morgan fingerprint density at radius 1 is 1.43 bits per heavy atom. The van der Waals surface area contributed by atoms with E-state index in [4.69, 9.17) is 4.52 Å². The molecule has 5 nitrogen and oxygen atoms in total. The van der Waals surface area contributed by atoms with Crippen LogP contribution in [0.5, 0.6) is 0 Å². The summed E-state index contributed by atoms with van der Waals surface area (Å²) in [5.41, 5.74) is 4.01. The maximum absolute atomic E-state index is 12.4. The highest BCUT2D eigenvalue weighted by Crippen LogP contribution is 2.26. The molecule has 0 aliphatic carbocycles. The van der Waals surface area contributed by atoms with Gasteiger partial charge in [-0.2, -0.15) is 0 Å². The fourth-order valence-electron chi connectivity index (χ4n) is 2.95. The van der Waals surface area contributed by atoms with Crippen molar-refractivity contribution in [3.05, 3.63) is 46.8 Å². The van der Waals surface area contributed by atoms with Gasteiger partial charge in [0.25, 0.3) is 0 Å². The van der Waals surface area contributed by atoms with Crippen LogP contribution in [-0.2, 0) is 11.2 Å². The van der Waals surface area contributed by atoms with E-state index in [0.717, 1.165) is 29.1 Å². The van der Waals surface area contributed by atoms with Crippen molar-refractivity contribution in [2.24, 2.45) is 0 Å². The number of hydrogen-bond donors (Lipinski definition) is 2. The van der Waals surface area contributed by atoms with Gasteiger partial charge in [0.05, 0.1) is 11.7 Å². The van der Waals surface area contributed by atoms with Gasteiger partial charge >= 0.3 is 0 Å². The summed E-state index contributed by atoms with van der Waals surface area (Å²) in [5.74, 6) is 0.752. The molecule has 1 aromatic carbocycles. The summed E-state index contributed by atoms with van der Waals surface area (Å²) in [5, 5.41) is 10.2. The first-order chi connectivity index (χ1) is 10.1. The van der Waals surface area contributed by atoms with E-state index in [1.54, 1.807) is 0 Å². The highest BCUT2D eigenvalue weighted by molar-refractivity contribution is 5.87. The third kappa shape index (κ3) is 2.51. The molecular formula is C16H19N3O2. The zero-order valence-electron chi connectivity index (χ0n) is 12.4. The van der Waals surface area contributed by atoms with E-state index < -0.39 is 0 Å². The molecule has 0 fully saturated rings. The van der Waals surface area contributed by atoms with Gasteiger partial charge in [-0.25, -0.2) is 0 Å². The SMILES string of the molecule is Cc1noc(C)c1C(C)NC(=O)C1Cc2ccccc2N1. The number of carbonyl (C=O) groups is 1. The van der Waals surface area contributed by atoms with Crippen molar-refractivity contribution in [1.82, 2.24) is 10.5 Å². The number of hydrogen-bond acceptors (Lipinski definition) is 4. The summed E-state index contributed by atoms with van der Waals surface area (Å²) in [6.07, 6.45) is 0.719. The zero-order valence-corrected chi connectivity index (χ0v) is 12.4. The number of aromatic nitrogens is 1. The predicted octanol–water partition coefficient (Wildman–Crippen LogP) is 2.51. The summed E-state index contributed by atoms with van der Waals surface area (Å²) < 4.78 is 5.16. The Balaban J connectivity index is 1.68. The Kier molecular flexibility index (Phi) is 3.41. The Labute approximate surface area is 123 Å². The lowest BCUT2D eigenvalue weighted by molar-refractivity contribution is -0.122. The quantitative estimate of drug-likeness (QED) is 0.909. The molecule has 2 N–H and O–H groups in total. The topological polar surface area (TPSA) is 67.2 Å². The van der Waals surface area contributed by atoms with Crippen molar-refractivity contribution in [2.75, 3.05) is 5.32 Å². The van der Waals surface area contributed by atoms with Crippen LogP contribution in [0, 0.1) is 13.8 Å². The number of anilines is 1. The standard InChI is InChI=1S/C16H19N3O2/c1-9(15-10(2)19-21-11(15)3)17-16(20)14-8-12-6-4-5-7-13(12)18-14/h4-7,9,14,18H,8H2,1-3H3,(H,17,20). The van der Waals surface area contributed by atoms with Crippen LogP contribution in [0.3, 0.4) is 0 Å². The maximum Gasteiger partial charge on any atom is 0.243 e. The zero-order chi connectivity index (χ0) is 15.0. The van der Waals surface area contributed by atoms with Crippen molar-refractivity contribution < 1.29 is 9.32 Å². The predicted molar refractivity (Wildman–Crippen MR) is 80.1 cm³/mol. The van der Waals surface area contributed by atoms with Crippen LogP contribution < -0.4 is 10.6 Å². The van der Waals surface area contributed by atoms with Crippen LogP contribution in [0.15, 0.2) is 28.8 Å². The number of fused-ring (bicyclic) bond motifs is 1. The summed E-state index contributed by atoms with van der Waals surface area (Å²) in [6.45, 7) is 5.70. The second kappa shape index (κ2) is 5.24. The van der Waals surface area contributed by atoms with Crippen molar-refractivity contribution in [3.8, 4) is 0 Å². The number of nitrogens with zero attached hydrogens (tertiary/aromatic N) is 1. The van der Waals surface area contributed by atoms with Gasteiger partial charge in [-0.1, -0.05) is 23.4 Å². The molecular weight excluding hydrogens is 266 g/mol. The molecule has 2 heterocycles. The fourth-order valence-corrected chi connectivity index (χ4v) is 2.95. The lowest BCUT2D eigenvalue weighted by atomic mass is 10.1. The average Bonchev–Trinajstić information content (AvgIpc) is 3.02. The van der Waals surface area contributed by atoms with Gasteiger partial charge in [0.1, 0.15) is 11.8 Å². The molecule has 5 heteroatoms. The molecule has 0 saturated carbocycles. The van der Waals surface area contributed by atoms with Crippen molar-refractivity contribution in [3.63, 3.8) is 0 Å². The maximum atomic E-state index is 12.4. The molecule has 3 rings (SSSR count). The lowest BCUT2D eigenvalue weighted by Crippen LogP contribution is -2.39. The van der Waals surface area contributed by atoms with Crippen LogP contribution in [0.2, 0.25) is 0 Å². The Bertz CT molecular complexity index is 633. The van der Waals surface area contributed by atoms with Crippen molar-refractivity contribution in [2.45, 2.75) is 39.3 Å². The highest BCUT2D eigenvalue weighted by atomic mass is 16.5. The second-order valence-corrected chi connectivity index (χ2v) is 5.53. The van der Waals surface area contributed by atoms with E-state index in [2.05, 4.69) is 15.8 Å². The van der Waals surface area contributed by atoms with Gasteiger partial charge in [0.15, 0.2) is 0 Å². The smallest absolute Gasteiger partial charge is 0.243 e. The minimum Gasteiger partial charge on any atom is -0.373 e. The number of carbonyl (C=O) groups excluding carboxylic acids is 1. The molecule has 21 heavy (non-hydrogen) atoms. The molecule has 2 unspecified atom stereocenters. The first kappa shape index (κ1) is 13.7. The number of benzene rings is 1. The first-order valence-electron chi connectivity index (χ1n) is 7.14. The van der Waals surface area contributed by atoms with Crippen molar-refractivity contribution >= 4 is 11.6 Å². The van der Waals surface area contributed by atoms with E-state index in [1.165, 1.54) is 5.56 Å².